The number of halogens is 1. The molecule has 11 nitrogen and oxygen atoms in total. The summed E-state index contributed by atoms with van der Waals surface area (Å²) in [5, 5.41) is 0.161. The molecule has 1 saturated heterocycles. The van der Waals surface area contributed by atoms with E-state index in [1.165, 1.54) is 33.4 Å². The van der Waals surface area contributed by atoms with E-state index in [1.54, 1.807) is 4.57 Å². The van der Waals surface area contributed by atoms with Gasteiger partial charge in [0.2, 0.25) is 0 Å². The molecule has 1 saturated carbocycles. The summed E-state index contributed by atoms with van der Waals surface area (Å²) in [6, 6.07) is 0. The van der Waals surface area contributed by atoms with Gasteiger partial charge in [0.05, 0.1) is 12.9 Å². The molecule has 3 heterocycles. The lowest BCUT2D eigenvalue weighted by atomic mass is 9.66. The molecule has 0 radical (unpaired) electrons. The minimum absolute atomic E-state index is 0.0886. The topological polar surface area (TPSA) is 132 Å². The van der Waals surface area contributed by atoms with Gasteiger partial charge in [-0.05, 0) is 12.8 Å². The Labute approximate surface area is 182 Å². The molecule has 0 aromatic carbocycles. The Kier molecular flexibility index (Phi) is 5.56. The van der Waals surface area contributed by atoms with E-state index in [-0.39, 0.29) is 17.7 Å². The molecule has 2 aromatic rings. The van der Waals surface area contributed by atoms with Gasteiger partial charge in [0.15, 0.2) is 29.2 Å². The summed E-state index contributed by atoms with van der Waals surface area (Å²) in [7, 11) is 0. The zero-order valence-electron chi connectivity index (χ0n) is 17.1. The van der Waals surface area contributed by atoms with Crippen molar-refractivity contribution in [2.45, 2.75) is 57.6 Å². The molecule has 0 N–H and O–H groups in total. The van der Waals surface area contributed by atoms with Gasteiger partial charge < -0.3 is 18.9 Å². The molecule has 12 heteroatoms. The van der Waals surface area contributed by atoms with E-state index in [1.807, 2.05) is 0 Å². The summed E-state index contributed by atoms with van der Waals surface area (Å²) in [4.78, 5) is 47.5. The highest BCUT2D eigenvalue weighted by atomic mass is 35.5. The molecule has 166 valence electrons. The summed E-state index contributed by atoms with van der Waals surface area (Å²) in [6.45, 7) is 3.93. The number of imidazole rings is 1. The predicted octanol–water partition coefficient (Wildman–Crippen LogP) is 1.58. The van der Waals surface area contributed by atoms with E-state index in [4.69, 9.17) is 30.5 Å². The summed E-state index contributed by atoms with van der Waals surface area (Å²) in [5.41, 5.74) is -0.277. The minimum Gasteiger partial charge on any atom is -0.465 e. The maximum absolute atomic E-state index is 11.9. The van der Waals surface area contributed by atoms with Crippen LogP contribution < -0.4 is 0 Å². The Bertz CT molecular complexity index is 1040. The maximum Gasteiger partial charge on any atom is 0.303 e. The highest BCUT2D eigenvalue weighted by molar-refractivity contribution is 6.33. The Morgan fingerprint density at radius 3 is 2.52 bits per heavy atom. The first-order chi connectivity index (χ1) is 14.7. The van der Waals surface area contributed by atoms with Crippen molar-refractivity contribution in [2.75, 3.05) is 6.61 Å². The van der Waals surface area contributed by atoms with Crippen LogP contribution >= 0.6 is 11.6 Å². The van der Waals surface area contributed by atoms with Crippen LogP contribution in [-0.2, 0) is 33.3 Å². The lowest BCUT2D eigenvalue weighted by Gasteiger charge is -2.48. The number of nitrogens with zero attached hydrogens (tertiary/aromatic N) is 4. The third-order valence-electron chi connectivity index (χ3n) is 5.65. The average molecular weight is 453 g/mol. The van der Waals surface area contributed by atoms with E-state index in [2.05, 4.69) is 15.0 Å². The molecular weight excluding hydrogens is 432 g/mol. The van der Waals surface area contributed by atoms with Crippen LogP contribution in [0.1, 0.15) is 39.8 Å². The number of hydrogen-bond donors (Lipinski definition) is 0. The van der Waals surface area contributed by atoms with Crippen molar-refractivity contribution < 1.29 is 33.3 Å². The number of aromatic nitrogens is 4. The van der Waals surface area contributed by atoms with Gasteiger partial charge in [-0.25, -0.2) is 15.0 Å². The van der Waals surface area contributed by atoms with Gasteiger partial charge in [-0.15, -0.1) is 0 Å². The first kappa shape index (κ1) is 21.4. The van der Waals surface area contributed by atoms with Gasteiger partial charge in [-0.2, -0.15) is 0 Å². The number of ether oxygens (including phenoxy) is 4. The lowest BCUT2D eigenvalue weighted by molar-refractivity contribution is -0.209. The van der Waals surface area contributed by atoms with Crippen molar-refractivity contribution in [2.24, 2.45) is 5.92 Å². The fourth-order valence-corrected chi connectivity index (χ4v) is 4.45. The molecule has 2 fully saturated rings. The van der Waals surface area contributed by atoms with Gasteiger partial charge in [0.1, 0.15) is 17.4 Å². The number of carbonyl (C=O) groups is 3. The van der Waals surface area contributed by atoms with E-state index in [0.717, 1.165) is 0 Å². The fraction of sp³-hybridized carbons (Fsp3) is 0.579. The average Bonchev–Trinajstić information content (AvgIpc) is 3.22. The number of fused-ring (bicyclic) bond motifs is 1. The highest BCUT2D eigenvalue weighted by Crippen LogP contribution is 2.55. The van der Waals surface area contributed by atoms with Gasteiger partial charge in [0, 0.05) is 26.7 Å². The monoisotopic (exact) mass is 452 g/mol. The van der Waals surface area contributed by atoms with Crippen LogP contribution in [0.4, 0.5) is 0 Å². The molecule has 2 aliphatic rings. The van der Waals surface area contributed by atoms with E-state index in [0.29, 0.717) is 24.0 Å². The molecule has 2 aromatic heterocycles. The Morgan fingerprint density at radius 1 is 1.16 bits per heavy atom. The molecule has 0 bridgehead atoms. The smallest absolute Gasteiger partial charge is 0.303 e. The predicted molar refractivity (Wildman–Crippen MR) is 104 cm³/mol. The zero-order chi connectivity index (χ0) is 22.3. The van der Waals surface area contributed by atoms with Gasteiger partial charge in [-0.3, -0.25) is 19.0 Å². The fourth-order valence-electron chi connectivity index (χ4n) is 4.27. The minimum atomic E-state index is -1.00. The molecule has 31 heavy (non-hydrogen) atoms. The summed E-state index contributed by atoms with van der Waals surface area (Å²) in [6.07, 6.45) is 1.15. The second-order valence-electron chi connectivity index (χ2n) is 7.59. The molecule has 1 aliphatic heterocycles. The SMILES string of the molecule is CC(=O)OCC1CC[C@@]12OC(n1cnc3c(Cl)ncnc31)C(OC(C)=O)C2OC(C)=O. The van der Waals surface area contributed by atoms with Crippen molar-refractivity contribution in [3.63, 3.8) is 0 Å². The Hall–Kier alpha value is -2.79. The lowest BCUT2D eigenvalue weighted by Crippen LogP contribution is -2.59. The maximum atomic E-state index is 11.9. The number of hydrogen-bond acceptors (Lipinski definition) is 10. The largest absolute Gasteiger partial charge is 0.465 e. The van der Waals surface area contributed by atoms with Crippen molar-refractivity contribution in [1.29, 1.82) is 0 Å². The van der Waals surface area contributed by atoms with E-state index >= 15 is 0 Å². The van der Waals surface area contributed by atoms with Crippen molar-refractivity contribution >= 4 is 40.7 Å². The van der Waals surface area contributed by atoms with Crippen molar-refractivity contribution in [3.05, 3.63) is 17.8 Å². The standard InChI is InChI=1S/C19H21ClN4O7/c1-9(25)28-6-12-4-5-19(12)15(30-11(3)27)14(29-10(2)26)18(31-19)24-8-23-13-16(20)21-7-22-17(13)24/h7-8,12,14-15,18H,4-6H2,1-3H3/t12?,14?,15?,18?,19-/m1/s1. The van der Waals surface area contributed by atoms with E-state index in [9.17, 15) is 14.4 Å². The molecule has 1 spiro atoms. The van der Waals surface area contributed by atoms with Crippen LogP contribution in [0.5, 0.6) is 0 Å². The highest BCUT2D eigenvalue weighted by Gasteiger charge is 2.67. The Morgan fingerprint density at radius 2 is 1.90 bits per heavy atom. The zero-order valence-corrected chi connectivity index (χ0v) is 17.9. The number of carbonyl (C=O) groups excluding carboxylic acids is 3. The normalized spacial score (nSPS) is 29.5. The number of esters is 3. The first-order valence-corrected chi connectivity index (χ1v) is 10.1. The van der Waals surface area contributed by atoms with Crippen molar-refractivity contribution in [1.82, 2.24) is 19.5 Å². The molecule has 4 unspecified atom stereocenters. The number of rotatable bonds is 5. The summed E-state index contributed by atoms with van der Waals surface area (Å²) < 4.78 is 24.4. The second kappa shape index (κ2) is 8.04. The first-order valence-electron chi connectivity index (χ1n) is 9.71. The quantitative estimate of drug-likeness (QED) is 0.374. The molecule has 5 atom stereocenters. The summed E-state index contributed by atoms with van der Waals surface area (Å²) >= 11 is 6.11. The molecular formula is C19H21ClN4O7. The second-order valence-corrected chi connectivity index (χ2v) is 7.95. The van der Waals surface area contributed by atoms with Crippen LogP contribution in [0.2, 0.25) is 5.15 Å². The van der Waals surface area contributed by atoms with Crippen LogP contribution in [0, 0.1) is 5.92 Å². The van der Waals surface area contributed by atoms with Crippen molar-refractivity contribution in [3.8, 4) is 0 Å². The van der Waals surface area contributed by atoms with Crippen LogP contribution in [0.3, 0.4) is 0 Å². The van der Waals surface area contributed by atoms with Crippen LogP contribution in [0.15, 0.2) is 12.7 Å². The third kappa shape index (κ3) is 3.72. The van der Waals surface area contributed by atoms with Crippen LogP contribution in [0.25, 0.3) is 11.2 Å². The van der Waals surface area contributed by atoms with E-state index < -0.39 is 41.9 Å². The van der Waals surface area contributed by atoms with Gasteiger partial charge in [0.25, 0.3) is 0 Å². The van der Waals surface area contributed by atoms with Crippen LogP contribution in [-0.4, -0.2) is 61.8 Å². The molecule has 0 amide bonds. The van der Waals surface area contributed by atoms with Gasteiger partial charge >= 0.3 is 17.9 Å². The molecule has 1 aliphatic carbocycles. The third-order valence-corrected chi connectivity index (χ3v) is 5.92. The summed E-state index contributed by atoms with van der Waals surface area (Å²) in [5.74, 6) is -1.80. The Balaban J connectivity index is 1.77. The molecule has 4 rings (SSSR count). The van der Waals surface area contributed by atoms with Gasteiger partial charge in [-0.1, -0.05) is 11.6 Å².